The zero-order valence-corrected chi connectivity index (χ0v) is 9.26. The molecule has 0 aliphatic carbocycles. The highest BCUT2D eigenvalue weighted by Crippen LogP contribution is 2.35. The number of rotatable bonds is 1. The number of anilines is 1. The quantitative estimate of drug-likeness (QED) is 0.762. The Morgan fingerprint density at radius 1 is 1.15 bits per heavy atom. The Bertz CT molecular complexity index is 426. The molecule has 0 radical (unpaired) electrons. The van der Waals surface area contributed by atoms with E-state index in [0.29, 0.717) is 0 Å². The lowest BCUT2D eigenvalue weighted by Crippen LogP contribution is -1.83. The zero-order valence-electron chi connectivity index (χ0n) is 7.63. The van der Waals surface area contributed by atoms with Crippen molar-refractivity contribution in [2.45, 2.75) is 13.8 Å². The van der Waals surface area contributed by atoms with Crippen LogP contribution < -0.4 is 5.73 Å². The summed E-state index contributed by atoms with van der Waals surface area (Å²) in [5.41, 5.74) is 9.24. The minimum absolute atomic E-state index is 0.894. The highest BCUT2D eigenvalue weighted by molar-refractivity contribution is 7.12. The topological polar surface area (TPSA) is 26.0 Å². The van der Waals surface area contributed by atoms with Crippen molar-refractivity contribution in [2.24, 2.45) is 0 Å². The molecule has 0 aromatic carbocycles. The number of thiophene rings is 2. The molecule has 2 aromatic heterocycles. The average Bonchev–Trinajstić information content (AvgIpc) is 2.58. The van der Waals surface area contributed by atoms with Crippen molar-refractivity contribution in [3.05, 3.63) is 26.6 Å². The maximum Gasteiger partial charge on any atom is 0.0502 e. The number of aryl methyl sites for hydroxylation is 2. The van der Waals surface area contributed by atoms with Crippen LogP contribution in [0, 0.1) is 13.8 Å². The van der Waals surface area contributed by atoms with Crippen molar-refractivity contribution in [3.63, 3.8) is 0 Å². The molecule has 13 heavy (non-hydrogen) atoms. The highest BCUT2D eigenvalue weighted by Gasteiger charge is 2.08. The fraction of sp³-hybridized carbons (Fsp3) is 0.200. The molecule has 1 nitrogen and oxygen atoms in total. The van der Waals surface area contributed by atoms with Gasteiger partial charge in [-0.2, -0.15) is 0 Å². The molecule has 0 bridgehead atoms. The first-order chi connectivity index (χ1) is 6.18. The summed E-state index contributed by atoms with van der Waals surface area (Å²) in [4.78, 5) is 2.70. The van der Waals surface area contributed by atoms with Crippen LogP contribution in [0.2, 0.25) is 0 Å². The molecule has 3 heteroatoms. The largest absolute Gasteiger partial charge is 0.398 e. The van der Waals surface area contributed by atoms with Gasteiger partial charge >= 0.3 is 0 Å². The van der Waals surface area contributed by atoms with Gasteiger partial charge in [0.1, 0.15) is 0 Å². The second-order valence-electron chi connectivity index (χ2n) is 3.07. The van der Waals surface area contributed by atoms with Gasteiger partial charge in [-0.3, -0.25) is 0 Å². The van der Waals surface area contributed by atoms with Gasteiger partial charge in [0.15, 0.2) is 0 Å². The van der Waals surface area contributed by atoms with Crippen molar-refractivity contribution in [3.8, 4) is 11.1 Å². The lowest BCUT2D eigenvalue weighted by atomic mass is 10.1. The first kappa shape index (κ1) is 8.78. The fourth-order valence-electron chi connectivity index (χ4n) is 1.42. The molecule has 2 rings (SSSR count). The molecule has 2 N–H and O–H groups in total. The summed E-state index contributed by atoms with van der Waals surface area (Å²) >= 11 is 3.48. The maximum atomic E-state index is 5.87. The number of hydrogen-bond donors (Lipinski definition) is 1. The van der Waals surface area contributed by atoms with Crippen molar-refractivity contribution in [1.29, 1.82) is 0 Å². The molecule has 68 valence electrons. The molecule has 0 saturated heterocycles. The van der Waals surface area contributed by atoms with E-state index in [-0.39, 0.29) is 0 Å². The lowest BCUT2D eigenvalue weighted by Gasteiger charge is -1.97. The molecule has 0 atom stereocenters. The molecule has 2 heterocycles. The smallest absolute Gasteiger partial charge is 0.0502 e. The SMILES string of the molecule is Cc1cc(-c2cscc2N)c(C)s1. The number of hydrogen-bond acceptors (Lipinski definition) is 3. The van der Waals surface area contributed by atoms with Crippen LogP contribution in [0.15, 0.2) is 16.8 Å². The predicted molar refractivity (Wildman–Crippen MR) is 61.5 cm³/mol. The van der Waals surface area contributed by atoms with Crippen molar-refractivity contribution in [1.82, 2.24) is 0 Å². The van der Waals surface area contributed by atoms with Gasteiger partial charge in [-0.15, -0.1) is 22.7 Å². The molecule has 0 amide bonds. The monoisotopic (exact) mass is 209 g/mol. The second-order valence-corrected chi connectivity index (χ2v) is 5.27. The summed E-state index contributed by atoms with van der Waals surface area (Å²) in [6.07, 6.45) is 0. The van der Waals surface area contributed by atoms with Crippen LogP contribution in [0.25, 0.3) is 11.1 Å². The molecule has 2 aromatic rings. The minimum Gasteiger partial charge on any atom is -0.398 e. The third-order valence-corrected chi connectivity index (χ3v) is 3.75. The summed E-state index contributed by atoms with van der Waals surface area (Å²) in [6.45, 7) is 4.27. The van der Waals surface area contributed by atoms with Gasteiger partial charge in [0, 0.05) is 26.1 Å². The summed E-state index contributed by atoms with van der Waals surface area (Å²) < 4.78 is 0. The van der Waals surface area contributed by atoms with Crippen LogP contribution >= 0.6 is 22.7 Å². The molecule has 0 aliphatic heterocycles. The molecule has 0 spiro atoms. The summed E-state index contributed by atoms with van der Waals surface area (Å²) in [6, 6.07) is 2.21. The van der Waals surface area contributed by atoms with Gasteiger partial charge < -0.3 is 5.73 Å². The van der Waals surface area contributed by atoms with E-state index < -0.39 is 0 Å². The summed E-state index contributed by atoms with van der Waals surface area (Å²) in [7, 11) is 0. The Morgan fingerprint density at radius 2 is 1.92 bits per heavy atom. The van der Waals surface area contributed by atoms with E-state index in [1.165, 1.54) is 20.9 Å². The third-order valence-electron chi connectivity index (χ3n) is 2.02. The first-order valence-electron chi connectivity index (χ1n) is 4.07. The predicted octanol–water partition coefficient (Wildman–Crippen LogP) is 3.68. The molecule has 0 unspecified atom stereocenters. The Kier molecular flexibility index (Phi) is 2.14. The average molecular weight is 209 g/mol. The lowest BCUT2D eigenvalue weighted by molar-refractivity contribution is 1.59. The van der Waals surface area contributed by atoms with Crippen LogP contribution in [-0.4, -0.2) is 0 Å². The Labute approximate surface area is 85.8 Å². The Balaban J connectivity index is 2.58. The van der Waals surface area contributed by atoms with E-state index in [2.05, 4.69) is 25.3 Å². The molecule has 0 aliphatic rings. The van der Waals surface area contributed by atoms with E-state index >= 15 is 0 Å². The second kappa shape index (κ2) is 3.16. The van der Waals surface area contributed by atoms with Crippen LogP contribution in [0.5, 0.6) is 0 Å². The fourth-order valence-corrected chi connectivity index (χ4v) is 3.10. The van der Waals surface area contributed by atoms with Gasteiger partial charge in [-0.25, -0.2) is 0 Å². The van der Waals surface area contributed by atoms with E-state index in [0.717, 1.165) is 5.69 Å². The number of nitrogen functional groups attached to an aromatic ring is 1. The number of nitrogens with two attached hydrogens (primary N) is 1. The molecule has 0 saturated carbocycles. The van der Waals surface area contributed by atoms with Crippen molar-refractivity contribution in [2.75, 3.05) is 5.73 Å². The maximum absolute atomic E-state index is 5.87. The van der Waals surface area contributed by atoms with Gasteiger partial charge in [0.2, 0.25) is 0 Å². The van der Waals surface area contributed by atoms with Gasteiger partial charge in [0.25, 0.3) is 0 Å². The van der Waals surface area contributed by atoms with Crippen LogP contribution in [-0.2, 0) is 0 Å². The van der Waals surface area contributed by atoms with E-state index in [1.807, 2.05) is 16.7 Å². The van der Waals surface area contributed by atoms with Crippen molar-refractivity contribution < 1.29 is 0 Å². The van der Waals surface area contributed by atoms with Crippen LogP contribution in [0.1, 0.15) is 9.75 Å². The highest BCUT2D eigenvalue weighted by atomic mass is 32.1. The normalized spacial score (nSPS) is 10.6. The van der Waals surface area contributed by atoms with Gasteiger partial charge in [0.05, 0.1) is 5.69 Å². The summed E-state index contributed by atoms with van der Waals surface area (Å²) in [5.74, 6) is 0. The minimum atomic E-state index is 0.894. The van der Waals surface area contributed by atoms with Crippen LogP contribution in [0.4, 0.5) is 5.69 Å². The molecule has 0 fully saturated rings. The van der Waals surface area contributed by atoms with Crippen molar-refractivity contribution >= 4 is 28.4 Å². The van der Waals surface area contributed by atoms with E-state index in [4.69, 9.17) is 5.73 Å². The standard InChI is InChI=1S/C10H11NS2/c1-6-3-8(7(2)13-6)9-4-12-5-10(9)11/h3-5H,11H2,1-2H3. The van der Waals surface area contributed by atoms with E-state index in [9.17, 15) is 0 Å². The zero-order chi connectivity index (χ0) is 9.42. The van der Waals surface area contributed by atoms with Gasteiger partial charge in [-0.1, -0.05) is 0 Å². The first-order valence-corrected chi connectivity index (χ1v) is 5.83. The Hall–Kier alpha value is -0.800. The third kappa shape index (κ3) is 1.49. The van der Waals surface area contributed by atoms with Crippen LogP contribution in [0.3, 0.4) is 0 Å². The molecular weight excluding hydrogens is 198 g/mol. The van der Waals surface area contributed by atoms with Gasteiger partial charge in [-0.05, 0) is 25.5 Å². The molecular formula is C10H11NS2. The summed E-state index contributed by atoms with van der Waals surface area (Å²) in [5, 5.41) is 4.10. The van der Waals surface area contributed by atoms with E-state index in [1.54, 1.807) is 11.3 Å². The Morgan fingerprint density at radius 3 is 2.38 bits per heavy atom.